The molecule has 13 heteroatoms. The van der Waals surface area contributed by atoms with Crippen molar-refractivity contribution in [3.63, 3.8) is 0 Å². The van der Waals surface area contributed by atoms with Crippen LogP contribution >= 0.6 is 11.6 Å². The zero-order valence-corrected chi connectivity index (χ0v) is 20.7. The molecule has 0 bridgehead atoms. The number of carbonyl (C=O) groups excluding carboxylic acids is 2. The van der Waals surface area contributed by atoms with Gasteiger partial charge in [0.05, 0.1) is 24.0 Å². The molecule has 36 heavy (non-hydrogen) atoms. The fourth-order valence-electron chi connectivity index (χ4n) is 4.81. The Morgan fingerprint density at radius 2 is 1.92 bits per heavy atom. The summed E-state index contributed by atoms with van der Waals surface area (Å²) in [4.78, 5) is 32.7. The Balaban J connectivity index is 1.29. The number of halogens is 4. The van der Waals surface area contributed by atoms with Crippen LogP contribution in [0.2, 0.25) is 5.02 Å². The van der Waals surface area contributed by atoms with Gasteiger partial charge in [-0.05, 0) is 38.8 Å². The monoisotopic (exact) mass is 528 g/mol. The second-order valence-corrected chi connectivity index (χ2v) is 9.63. The fraction of sp³-hybridized carbons (Fsp3) is 0.565. The summed E-state index contributed by atoms with van der Waals surface area (Å²) in [6.07, 6.45) is -1.63. The number of hydrogen-bond donors (Lipinski definition) is 2. The molecule has 2 amide bonds. The minimum atomic E-state index is -4.27. The number of ether oxygens (including phenoxy) is 1. The number of nitrogens with one attached hydrogen (secondary N) is 2. The first kappa shape index (κ1) is 26.2. The molecule has 2 N–H and O–H groups in total. The van der Waals surface area contributed by atoms with Crippen LogP contribution in [-0.2, 0) is 4.79 Å². The summed E-state index contributed by atoms with van der Waals surface area (Å²) >= 11 is 6.22. The maximum Gasteiger partial charge on any atom is 0.404 e. The third kappa shape index (κ3) is 5.75. The summed E-state index contributed by atoms with van der Waals surface area (Å²) in [5.74, 6) is -0.335. The minimum absolute atomic E-state index is 0.0401. The van der Waals surface area contributed by atoms with Gasteiger partial charge in [0.15, 0.2) is 0 Å². The number of aromatic nitrogens is 3. The largest absolute Gasteiger partial charge is 0.481 e. The number of methoxy groups -OCH3 is 1. The van der Waals surface area contributed by atoms with Crippen molar-refractivity contribution >= 4 is 23.4 Å². The van der Waals surface area contributed by atoms with Gasteiger partial charge < -0.3 is 15.0 Å². The molecule has 0 spiro atoms. The number of pyridine rings is 1. The molecule has 196 valence electrons. The molecule has 2 aromatic heterocycles. The SMILES string of the molecule is COc1cc(-c2cc(C(=O)N3CCC(C(=O)N[C@@H]4CC[C@H](C(F)(F)F)N(C)C4)CC3)[nH]n2)c(Cl)cn1. The molecule has 0 aliphatic carbocycles. The number of amides is 2. The van der Waals surface area contributed by atoms with Crippen molar-refractivity contribution < 1.29 is 27.5 Å². The van der Waals surface area contributed by atoms with Crippen LogP contribution in [0.1, 0.15) is 36.2 Å². The van der Waals surface area contributed by atoms with Crippen LogP contribution in [0.25, 0.3) is 11.3 Å². The highest BCUT2D eigenvalue weighted by molar-refractivity contribution is 6.33. The van der Waals surface area contributed by atoms with Crippen LogP contribution in [0.15, 0.2) is 18.3 Å². The van der Waals surface area contributed by atoms with E-state index in [1.54, 1.807) is 17.0 Å². The normalized spacial score (nSPS) is 21.9. The quantitative estimate of drug-likeness (QED) is 0.618. The van der Waals surface area contributed by atoms with Gasteiger partial charge in [0.2, 0.25) is 11.8 Å². The average Bonchev–Trinajstić information content (AvgIpc) is 3.33. The average molecular weight is 529 g/mol. The van der Waals surface area contributed by atoms with Gasteiger partial charge in [-0.2, -0.15) is 18.3 Å². The molecule has 0 radical (unpaired) electrons. The Kier molecular flexibility index (Phi) is 7.74. The van der Waals surface area contributed by atoms with Gasteiger partial charge in [0.1, 0.15) is 11.7 Å². The first-order valence-corrected chi connectivity index (χ1v) is 12.1. The lowest BCUT2D eigenvalue weighted by Gasteiger charge is -2.39. The predicted octanol–water partition coefficient (Wildman–Crippen LogP) is 3.13. The van der Waals surface area contributed by atoms with E-state index < -0.39 is 12.2 Å². The van der Waals surface area contributed by atoms with Crippen LogP contribution in [0.4, 0.5) is 13.2 Å². The highest BCUT2D eigenvalue weighted by atomic mass is 35.5. The van der Waals surface area contributed by atoms with E-state index in [1.807, 2.05) is 0 Å². The molecule has 2 atom stereocenters. The molecular formula is C23H28ClF3N6O3. The molecule has 4 rings (SSSR count). The van der Waals surface area contributed by atoms with Gasteiger partial charge in [0, 0.05) is 43.2 Å². The summed E-state index contributed by atoms with van der Waals surface area (Å²) in [5.41, 5.74) is 1.34. The first-order chi connectivity index (χ1) is 17.1. The smallest absolute Gasteiger partial charge is 0.404 e. The molecule has 2 aliphatic heterocycles. The van der Waals surface area contributed by atoms with E-state index in [9.17, 15) is 22.8 Å². The maximum atomic E-state index is 13.1. The molecule has 2 aliphatic rings. The van der Waals surface area contributed by atoms with Crippen LogP contribution in [0.3, 0.4) is 0 Å². The Morgan fingerprint density at radius 3 is 2.56 bits per heavy atom. The van der Waals surface area contributed by atoms with Crippen LogP contribution in [-0.4, -0.2) is 88.8 Å². The Labute approximate surface area is 211 Å². The van der Waals surface area contributed by atoms with E-state index in [0.29, 0.717) is 53.8 Å². The lowest BCUT2D eigenvalue weighted by Crippen LogP contribution is -2.55. The van der Waals surface area contributed by atoms with E-state index in [1.165, 1.54) is 25.3 Å². The Hall–Kier alpha value is -2.86. The summed E-state index contributed by atoms with van der Waals surface area (Å²) in [6, 6.07) is 1.45. The zero-order chi connectivity index (χ0) is 26.0. The molecule has 9 nitrogen and oxygen atoms in total. The zero-order valence-electron chi connectivity index (χ0n) is 19.9. The first-order valence-electron chi connectivity index (χ1n) is 11.7. The van der Waals surface area contributed by atoms with Gasteiger partial charge >= 0.3 is 6.18 Å². The summed E-state index contributed by atoms with van der Waals surface area (Å²) < 4.78 is 44.3. The van der Waals surface area contributed by atoms with Crippen LogP contribution in [0.5, 0.6) is 5.88 Å². The van der Waals surface area contributed by atoms with Crippen LogP contribution < -0.4 is 10.1 Å². The predicted molar refractivity (Wildman–Crippen MR) is 126 cm³/mol. The number of carbonyl (C=O) groups is 2. The van der Waals surface area contributed by atoms with Crippen molar-refractivity contribution in [3.8, 4) is 17.1 Å². The van der Waals surface area contributed by atoms with Gasteiger partial charge in [-0.1, -0.05) is 11.6 Å². The number of piperidine rings is 2. The number of nitrogens with zero attached hydrogens (tertiary/aromatic N) is 4. The molecule has 4 heterocycles. The third-order valence-corrected chi connectivity index (χ3v) is 7.13. The van der Waals surface area contributed by atoms with Crippen molar-refractivity contribution in [3.05, 3.63) is 29.0 Å². The van der Waals surface area contributed by atoms with Gasteiger partial charge in [-0.3, -0.25) is 19.6 Å². The number of hydrogen-bond acceptors (Lipinski definition) is 6. The van der Waals surface area contributed by atoms with E-state index in [-0.39, 0.29) is 43.2 Å². The summed E-state index contributed by atoms with van der Waals surface area (Å²) in [7, 11) is 2.92. The third-order valence-electron chi connectivity index (χ3n) is 6.83. The Morgan fingerprint density at radius 1 is 1.19 bits per heavy atom. The summed E-state index contributed by atoms with van der Waals surface area (Å²) in [5, 5.41) is 10.2. The lowest BCUT2D eigenvalue weighted by molar-refractivity contribution is -0.188. The molecular weight excluding hydrogens is 501 g/mol. The molecule has 2 saturated heterocycles. The van der Waals surface area contributed by atoms with Crippen molar-refractivity contribution in [1.29, 1.82) is 0 Å². The lowest BCUT2D eigenvalue weighted by atomic mass is 9.93. The molecule has 0 unspecified atom stereocenters. The highest BCUT2D eigenvalue weighted by Crippen LogP contribution is 2.32. The van der Waals surface area contributed by atoms with Gasteiger partial charge in [-0.25, -0.2) is 4.98 Å². The standard InChI is InChI=1S/C23H28ClF3N6O3/c1-32-12-14(3-4-19(32)23(25,26)27)29-21(34)13-5-7-33(8-6-13)22(35)18-10-17(30-31-18)15-9-20(36-2)28-11-16(15)24/h9-11,13-14,19H,3-8,12H2,1-2H3,(H,29,34)(H,30,31)/t14-,19-/m1/s1. The Bertz CT molecular complexity index is 1100. The van der Waals surface area contributed by atoms with E-state index >= 15 is 0 Å². The van der Waals surface area contributed by atoms with E-state index in [4.69, 9.17) is 16.3 Å². The summed E-state index contributed by atoms with van der Waals surface area (Å²) in [6.45, 7) is 0.925. The van der Waals surface area contributed by atoms with Crippen molar-refractivity contribution in [2.24, 2.45) is 5.92 Å². The van der Waals surface area contributed by atoms with E-state index in [2.05, 4.69) is 20.5 Å². The van der Waals surface area contributed by atoms with Crippen molar-refractivity contribution in [2.45, 2.75) is 43.9 Å². The number of aromatic amines is 1. The van der Waals surface area contributed by atoms with E-state index in [0.717, 1.165) is 0 Å². The van der Waals surface area contributed by atoms with Gasteiger partial charge in [-0.15, -0.1) is 0 Å². The number of likely N-dealkylation sites (tertiary alicyclic amines) is 2. The second kappa shape index (κ2) is 10.6. The molecule has 2 aromatic rings. The number of rotatable bonds is 5. The molecule has 0 aromatic carbocycles. The molecule has 0 saturated carbocycles. The number of likely N-dealkylation sites (N-methyl/N-ethyl adjacent to an activating group) is 1. The fourth-order valence-corrected chi connectivity index (χ4v) is 5.01. The minimum Gasteiger partial charge on any atom is -0.481 e. The number of H-pyrrole nitrogens is 1. The topological polar surface area (TPSA) is 103 Å². The maximum absolute atomic E-state index is 13.1. The molecule has 2 fully saturated rings. The number of alkyl halides is 3. The van der Waals surface area contributed by atoms with Crippen molar-refractivity contribution in [1.82, 2.24) is 30.3 Å². The van der Waals surface area contributed by atoms with Gasteiger partial charge in [0.25, 0.3) is 5.91 Å². The van der Waals surface area contributed by atoms with Crippen molar-refractivity contribution in [2.75, 3.05) is 33.8 Å². The van der Waals surface area contributed by atoms with Crippen LogP contribution in [0, 0.1) is 5.92 Å². The highest BCUT2D eigenvalue weighted by Gasteiger charge is 2.45. The second-order valence-electron chi connectivity index (χ2n) is 9.22.